The topological polar surface area (TPSA) is 55.6 Å². The maximum atomic E-state index is 4.29. The van der Waals surface area contributed by atoms with Crippen molar-refractivity contribution in [3.63, 3.8) is 0 Å². The third-order valence-electron chi connectivity index (χ3n) is 1.95. The molecule has 0 fully saturated rings. The Bertz CT molecular complexity index is 393. The second-order valence-electron chi connectivity index (χ2n) is 3.30. The van der Waals surface area contributed by atoms with Gasteiger partial charge in [0.15, 0.2) is 0 Å². The summed E-state index contributed by atoms with van der Waals surface area (Å²) in [5.74, 6) is 0.820. The Morgan fingerprint density at radius 2 is 2.40 bits per heavy atom. The van der Waals surface area contributed by atoms with E-state index >= 15 is 0 Å². The van der Waals surface area contributed by atoms with E-state index in [1.807, 2.05) is 30.9 Å². The number of hydrogen-bond acceptors (Lipinski definition) is 5. The molecule has 5 nitrogen and oxygen atoms in total. The van der Waals surface area contributed by atoms with Crippen LogP contribution < -0.4 is 5.32 Å². The van der Waals surface area contributed by atoms with Gasteiger partial charge in [0.25, 0.3) is 0 Å². The van der Waals surface area contributed by atoms with Gasteiger partial charge in [0.1, 0.15) is 5.82 Å². The van der Waals surface area contributed by atoms with Gasteiger partial charge in [0, 0.05) is 37.7 Å². The van der Waals surface area contributed by atoms with Gasteiger partial charge in [-0.1, -0.05) is 0 Å². The molecule has 0 aromatic carbocycles. The molecule has 2 aromatic rings. The Morgan fingerprint density at radius 3 is 3.00 bits per heavy atom. The highest BCUT2D eigenvalue weighted by Gasteiger charge is 2.00. The molecule has 0 aliphatic carbocycles. The van der Waals surface area contributed by atoms with Gasteiger partial charge in [-0.05, 0) is 13.0 Å². The summed E-state index contributed by atoms with van der Waals surface area (Å²) in [6.45, 7) is 2.73. The molecule has 0 radical (unpaired) electrons. The van der Waals surface area contributed by atoms with Gasteiger partial charge < -0.3 is 5.32 Å². The molecule has 0 atom stereocenters. The minimum absolute atomic E-state index is 0.820. The second-order valence-corrected chi connectivity index (χ2v) is 4.06. The Balaban J connectivity index is 1.80. The summed E-state index contributed by atoms with van der Waals surface area (Å²) in [6, 6.07) is 2.02. The van der Waals surface area contributed by atoms with Crippen molar-refractivity contribution in [1.29, 1.82) is 0 Å². The summed E-state index contributed by atoms with van der Waals surface area (Å²) in [6.07, 6.45) is 2.85. The number of aromatic nitrogens is 4. The monoisotopic (exact) mass is 223 g/mol. The molecule has 15 heavy (non-hydrogen) atoms. The molecule has 0 bridgehead atoms. The van der Waals surface area contributed by atoms with Crippen LogP contribution in [-0.2, 0) is 13.5 Å². The van der Waals surface area contributed by atoms with Crippen LogP contribution in [0.1, 0.15) is 11.5 Å². The lowest BCUT2D eigenvalue weighted by Crippen LogP contribution is -2.05. The van der Waals surface area contributed by atoms with Gasteiger partial charge in [-0.15, -0.1) is 0 Å². The zero-order chi connectivity index (χ0) is 10.7. The lowest BCUT2D eigenvalue weighted by molar-refractivity contribution is 0.742. The van der Waals surface area contributed by atoms with Crippen LogP contribution in [0, 0.1) is 6.92 Å². The molecule has 80 valence electrons. The van der Waals surface area contributed by atoms with Crippen molar-refractivity contribution in [2.45, 2.75) is 13.3 Å². The first-order valence-corrected chi connectivity index (χ1v) is 5.54. The fraction of sp³-hybridized carbons (Fsp3) is 0.444. The smallest absolute Gasteiger partial charge is 0.202 e. The Hall–Kier alpha value is -1.43. The van der Waals surface area contributed by atoms with E-state index in [-0.39, 0.29) is 0 Å². The highest BCUT2D eigenvalue weighted by Crippen LogP contribution is 2.09. The van der Waals surface area contributed by atoms with E-state index in [1.165, 1.54) is 11.5 Å². The zero-order valence-corrected chi connectivity index (χ0v) is 9.58. The number of nitrogens with zero attached hydrogens (tertiary/aromatic N) is 4. The standard InChI is InChI=1S/C9H13N5S/c1-7-11-9(15-13-7)10-5-3-8-4-6-14(2)12-8/h4,6H,3,5H2,1-2H3,(H,10,11,13). The van der Waals surface area contributed by atoms with Crippen molar-refractivity contribution in [3.05, 3.63) is 23.8 Å². The highest BCUT2D eigenvalue weighted by atomic mass is 32.1. The van der Waals surface area contributed by atoms with Gasteiger partial charge in [-0.2, -0.15) is 9.47 Å². The fourth-order valence-corrected chi connectivity index (χ4v) is 1.86. The summed E-state index contributed by atoms with van der Waals surface area (Å²) in [4.78, 5) is 4.22. The quantitative estimate of drug-likeness (QED) is 0.847. The van der Waals surface area contributed by atoms with Gasteiger partial charge in [0.2, 0.25) is 5.13 Å². The number of rotatable bonds is 4. The summed E-state index contributed by atoms with van der Waals surface area (Å²) in [5, 5.41) is 8.39. The zero-order valence-electron chi connectivity index (χ0n) is 8.77. The number of nitrogens with one attached hydrogen (secondary N) is 1. The summed E-state index contributed by atoms with van der Waals surface area (Å²) in [7, 11) is 1.92. The maximum absolute atomic E-state index is 4.29. The van der Waals surface area contributed by atoms with Gasteiger partial charge in [-0.3, -0.25) is 4.68 Å². The summed E-state index contributed by atoms with van der Waals surface area (Å²) >= 11 is 1.39. The van der Waals surface area contributed by atoms with Crippen LogP contribution in [0.25, 0.3) is 0 Å². The van der Waals surface area contributed by atoms with E-state index in [0.29, 0.717) is 0 Å². The molecule has 0 saturated carbocycles. The van der Waals surface area contributed by atoms with Crippen LogP contribution in [0.4, 0.5) is 5.13 Å². The van der Waals surface area contributed by atoms with Crippen molar-refractivity contribution in [1.82, 2.24) is 19.1 Å². The minimum atomic E-state index is 0.820. The normalized spacial score (nSPS) is 10.5. The number of aryl methyl sites for hydroxylation is 2. The van der Waals surface area contributed by atoms with E-state index in [1.54, 1.807) is 0 Å². The molecule has 0 spiro atoms. The van der Waals surface area contributed by atoms with E-state index in [4.69, 9.17) is 0 Å². The molecule has 0 saturated heterocycles. The van der Waals surface area contributed by atoms with Crippen LogP contribution in [0.5, 0.6) is 0 Å². The SMILES string of the molecule is Cc1nsc(NCCc2ccn(C)n2)n1. The third-order valence-corrected chi connectivity index (χ3v) is 2.72. The number of hydrogen-bond donors (Lipinski definition) is 1. The van der Waals surface area contributed by atoms with E-state index < -0.39 is 0 Å². The lowest BCUT2D eigenvalue weighted by Gasteiger charge is -1.98. The van der Waals surface area contributed by atoms with Crippen LogP contribution in [0.15, 0.2) is 12.3 Å². The predicted octanol–water partition coefficient (Wildman–Crippen LogP) is 1.23. The van der Waals surface area contributed by atoms with Crippen LogP contribution >= 0.6 is 11.5 Å². The molecule has 6 heteroatoms. The fourth-order valence-electron chi connectivity index (χ4n) is 1.26. The molecule has 2 aromatic heterocycles. The summed E-state index contributed by atoms with van der Waals surface area (Å²) in [5.41, 5.74) is 1.09. The molecule has 1 N–H and O–H groups in total. The second kappa shape index (κ2) is 4.39. The third kappa shape index (κ3) is 2.76. The van der Waals surface area contributed by atoms with Gasteiger partial charge in [0.05, 0.1) is 5.69 Å². The van der Waals surface area contributed by atoms with Gasteiger partial charge >= 0.3 is 0 Å². The van der Waals surface area contributed by atoms with Crippen LogP contribution in [0.3, 0.4) is 0 Å². The van der Waals surface area contributed by atoms with E-state index in [2.05, 4.69) is 19.8 Å². The van der Waals surface area contributed by atoms with Crippen molar-refractivity contribution in [2.24, 2.45) is 7.05 Å². The Morgan fingerprint density at radius 1 is 1.53 bits per heavy atom. The maximum Gasteiger partial charge on any atom is 0.202 e. The average molecular weight is 223 g/mol. The molecule has 0 amide bonds. The Kier molecular flexibility index (Phi) is 2.96. The Labute approximate surface area is 92.3 Å². The first kappa shape index (κ1) is 10.1. The lowest BCUT2D eigenvalue weighted by atomic mass is 10.3. The first-order valence-electron chi connectivity index (χ1n) is 4.77. The van der Waals surface area contributed by atoms with Gasteiger partial charge in [-0.25, -0.2) is 4.98 Å². The minimum Gasteiger partial charge on any atom is -0.360 e. The first-order chi connectivity index (χ1) is 7.24. The van der Waals surface area contributed by atoms with E-state index in [9.17, 15) is 0 Å². The van der Waals surface area contributed by atoms with Crippen LogP contribution in [-0.4, -0.2) is 25.7 Å². The van der Waals surface area contributed by atoms with Crippen LogP contribution in [0.2, 0.25) is 0 Å². The van der Waals surface area contributed by atoms with Crippen molar-refractivity contribution in [3.8, 4) is 0 Å². The molecular weight excluding hydrogens is 210 g/mol. The summed E-state index contributed by atoms with van der Waals surface area (Å²) < 4.78 is 5.90. The average Bonchev–Trinajstić information content (AvgIpc) is 2.76. The van der Waals surface area contributed by atoms with Crippen molar-refractivity contribution in [2.75, 3.05) is 11.9 Å². The molecule has 0 aliphatic rings. The highest BCUT2D eigenvalue weighted by molar-refractivity contribution is 7.09. The van der Waals surface area contributed by atoms with Crippen molar-refractivity contribution >= 4 is 16.7 Å². The van der Waals surface area contributed by atoms with E-state index in [0.717, 1.165) is 29.6 Å². The molecule has 0 aliphatic heterocycles. The predicted molar refractivity (Wildman–Crippen MR) is 60.0 cm³/mol. The van der Waals surface area contributed by atoms with Crippen molar-refractivity contribution < 1.29 is 0 Å². The largest absolute Gasteiger partial charge is 0.360 e. The molecule has 2 rings (SSSR count). The molecular formula is C9H13N5S. The molecule has 0 unspecified atom stereocenters. The number of anilines is 1. The molecule has 2 heterocycles.